The molecule has 0 aliphatic rings. The number of carboxylic acids is 1. The Labute approximate surface area is 97.9 Å². The SMILES string of the molecule is COc1cc(C(=O)N(C)CCCC(=O)O)on1. The molecule has 0 bridgehead atoms. The second-order valence-electron chi connectivity index (χ2n) is 3.46. The lowest BCUT2D eigenvalue weighted by Crippen LogP contribution is -2.27. The van der Waals surface area contributed by atoms with Crippen molar-refractivity contribution in [3.63, 3.8) is 0 Å². The van der Waals surface area contributed by atoms with Crippen molar-refractivity contribution in [2.24, 2.45) is 0 Å². The van der Waals surface area contributed by atoms with Crippen LogP contribution in [-0.2, 0) is 4.79 Å². The van der Waals surface area contributed by atoms with E-state index in [0.29, 0.717) is 13.0 Å². The third-order valence-electron chi connectivity index (χ3n) is 2.14. The molecular formula is C10H14N2O5. The molecule has 0 aliphatic heterocycles. The molecule has 1 aromatic rings. The highest BCUT2D eigenvalue weighted by Crippen LogP contribution is 2.12. The number of aromatic nitrogens is 1. The molecule has 1 heterocycles. The van der Waals surface area contributed by atoms with Gasteiger partial charge in [0.2, 0.25) is 5.76 Å². The van der Waals surface area contributed by atoms with Gasteiger partial charge in [-0.05, 0) is 11.6 Å². The van der Waals surface area contributed by atoms with Gasteiger partial charge in [-0.1, -0.05) is 0 Å². The molecule has 0 aromatic carbocycles. The molecule has 0 radical (unpaired) electrons. The van der Waals surface area contributed by atoms with Crippen molar-refractivity contribution < 1.29 is 24.0 Å². The van der Waals surface area contributed by atoms with Gasteiger partial charge in [0.05, 0.1) is 13.2 Å². The zero-order valence-electron chi connectivity index (χ0n) is 9.67. The fraction of sp³-hybridized carbons (Fsp3) is 0.500. The normalized spacial score (nSPS) is 10.0. The maximum absolute atomic E-state index is 11.7. The number of methoxy groups -OCH3 is 1. The lowest BCUT2D eigenvalue weighted by molar-refractivity contribution is -0.137. The monoisotopic (exact) mass is 242 g/mol. The van der Waals surface area contributed by atoms with Crippen molar-refractivity contribution in [2.45, 2.75) is 12.8 Å². The number of carbonyl (C=O) groups is 2. The number of ether oxygens (including phenoxy) is 1. The number of aliphatic carboxylic acids is 1. The second kappa shape index (κ2) is 5.88. The standard InChI is InChI=1S/C10H14N2O5/c1-12(5-3-4-9(13)14)10(15)7-6-8(16-2)11-17-7/h6H,3-5H2,1-2H3,(H,13,14). The number of nitrogens with zero attached hydrogens (tertiary/aromatic N) is 2. The van der Waals surface area contributed by atoms with Gasteiger partial charge in [0.25, 0.3) is 11.8 Å². The summed E-state index contributed by atoms with van der Waals surface area (Å²) in [5, 5.41) is 12.0. The van der Waals surface area contributed by atoms with E-state index in [0.717, 1.165) is 0 Å². The summed E-state index contributed by atoms with van der Waals surface area (Å²) in [6.45, 7) is 0.341. The van der Waals surface area contributed by atoms with Crippen LogP contribution in [0.2, 0.25) is 0 Å². The number of hydrogen-bond donors (Lipinski definition) is 1. The molecule has 0 unspecified atom stereocenters. The van der Waals surface area contributed by atoms with Crippen LogP contribution in [-0.4, -0.2) is 47.7 Å². The summed E-state index contributed by atoms with van der Waals surface area (Å²) in [6.07, 6.45) is 0.417. The fourth-order valence-corrected chi connectivity index (χ4v) is 1.21. The quantitative estimate of drug-likeness (QED) is 0.786. The molecule has 0 aliphatic carbocycles. The predicted molar refractivity (Wildman–Crippen MR) is 56.9 cm³/mol. The Hall–Kier alpha value is -2.05. The van der Waals surface area contributed by atoms with Crippen LogP contribution in [0, 0.1) is 0 Å². The summed E-state index contributed by atoms with van der Waals surface area (Å²) in [6, 6.07) is 1.38. The van der Waals surface area contributed by atoms with Gasteiger partial charge in [0.15, 0.2) is 0 Å². The van der Waals surface area contributed by atoms with Crippen LogP contribution < -0.4 is 4.74 Å². The van der Waals surface area contributed by atoms with Gasteiger partial charge in [-0.25, -0.2) is 0 Å². The van der Waals surface area contributed by atoms with Gasteiger partial charge < -0.3 is 19.3 Å². The summed E-state index contributed by atoms with van der Waals surface area (Å²) in [4.78, 5) is 23.4. The maximum Gasteiger partial charge on any atom is 0.303 e. The smallest absolute Gasteiger partial charge is 0.303 e. The highest BCUT2D eigenvalue weighted by molar-refractivity contribution is 5.91. The highest BCUT2D eigenvalue weighted by atomic mass is 16.5. The summed E-state index contributed by atoms with van der Waals surface area (Å²) in [5.74, 6) is -0.940. The molecule has 94 valence electrons. The summed E-state index contributed by atoms with van der Waals surface area (Å²) in [7, 11) is 2.99. The zero-order chi connectivity index (χ0) is 12.8. The fourth-order valence-electron chi connectivity index (χ4n) is 1.21. The molecule has 1 N–H and O–H groups in total. The molecular weight excluding hydrogens is 228 g/mol. The van der Waals surface area contributed by atoms with Crippen LogP contribution in [0.1, 0.15) is 23.4 Å². The van der Waals surface area contributed by atoms with Gasteiger partial charge in [0, 0.05) is 20.0 Å². The summed E-state index contributed by atoms with van der Waals surface area (Å²) < 4.78 is 9.57. The van der Waals surface area contributed by atoms with Crippen molar-refractivity contribution in [2.75, 3.05) is 20.7 Å². The summed E-state index contributed by atoms with van der Waals surface area (Å²) in [5.41, 5.74) is 0. The molecule has 0 saturated heterocycles. The number of carbonyl (C=O) groups excluding carboxylic acids is 1. The summed E-state index contributed by atoms with van der Waals surface area (Å²) >= 11 is 0. The van der Waals surface area contributed by atoms with Crippen LogP contribution in [0.5, 0.6) is 5.88 Å². The van der Waals surface area contributed by atoms with E-state index in [9.17, 15) is 9.59 Å². The van der Waals surface area contributed by atoms with Crippen LogP contribution in [0.3, 0.4) is 0 Å². The first-order valence-corrected chi connectivity index (χ1v) is 5.02. The van der Waals surface area contributed by atoms with Crippen LogP contribution >= 0.6 is 0 Å². The molecule has 0 fully saturated rings. The topological polar surface area (TPSA) is 92.9 Å². The molecule has 0 spiro atoms. The minimum Gasteiger partial charge on any atom is -0.481 e. The number of hydrogen-bond acceptors (Lipinski definition) is 5. The van der Waals surface area contributed by atoms with Gasteiger partial charge in [0.1, 0.15) is 0 Å². The van der Waals surface area contributed by atoms with Crippen molar-refractivity contribution in [1.82, 2.24) is 10.1 Å². The van der Waals surface area contributed by atoms with E-state index in [1.54, 1.807) is 7.05 Å². The Bertz CT molecular complexity index is 401. The lowest BCUT2D eigenvalue weighted by Gasteiger charge is -2.14. The predicted octanol–water partition coefficient (Wildman–Crippen LogP) is 0.620. The van der Waals surface area contributed by atoms with E-state index in [2.05, 4.69) is 5.16 Å². The Morgan fingerprint density at radius 1 is 1.59 bits per heavy atom. The first-order chi connectivity index (χ1) is 8.04. The molecule has 1 rings (SSSR count). The van der Waals surface area contributed by atoms with E-state index in [4.69, 9.17) is 14.4 Å². The minimum absolute atomic E-state index is 0.0251. The molecule has 7 nitrogen and oxygen atoms in total. The average molecular weight is 242 g/mol. The van der Waals surface area contributed by atoms with E-state index in [1.807, 2.05) is 0 Å². The van der Waals surface area contributed by atoms with Gasteiger partial charge >= 0.3 is 5.97 Å². The Kier molecular flexibility index (Phi) is 4.50. The average Bonchev–Trinajstić information content (AvgIpc) is 2.75. The van der Waals surface area contributed by atoms with E-state index < -0.39 is 5.97 Å². The van der Waals surface area contributed by atoms with E-state index >= 15 is 0 Å². The minimum atomic E-state index is -0.882. The third kappa shape index (κ3) is 3.78. The molecule has 7 heteroatoms. The Morgan fingerprint density at radius 2 is 2.29 bits per heavy atom. The molecule has 1 aromatic heterocycles. The van der Waals surface area contributed by atoms with Crippen LogP contribution in [0.4, 0.5) is 0 Å². The molecule has 1 amide bonds. The Morgan fingerprint density at radius 3 is 2.82 bits per heavy atom. The number of carboxylic acid groups (broad SMARTS) is 1. The van der Waals surface area contributed by atoms with Gasteiger partial charge in [-0.3, -0.25) is 9.59 Å². The third-order valence-corrected chi connectivity index (χ3v) is 2.14. The van der Waals surface area contributed by atoms with Crippen molar-refractivity contribution in [1.29, 1.82) is 0 Å². The number of amides is 1. The largest absolute Gasteiger partial charge is 0.481 e. The van der Waals surface area contributed by atoms with Crippen LogP contribution in [0.15, 0.2) is 10.6 Å². The lowest BCUT2D eigenvalue weighted by atomic mass is 10.3. The van der Waals surface area contributed by atoms with Crippen molar-refractivity contribution >= 4 is 11.9 Å². The second-order valence-corrected chi connectivity index (χ2v) is 3.46. The van der Waals surface area contributed by atoms with Crippen LogP contribution in [0.25, 0.3) is 0 Å². The van der Waals surface area contributed by atoms with Crippen molar-refractivity contribution in [3.8, 4) is 5.88 Å². The molecule has 0 atom stereocenters. The zero-order valence-corrected chi connectivity index (χ0v) is 9.67. The first-order valence-electron chi connectivity index (χ1n) is 5.02. The Balaban J connectivity index is 2.48. The van der Waals surface area contributed by atoms with Gasteiger partial charge in [-0.15, -0.1) is 0 Å². The van der Waals surface area contributed by atoms with E-state index in [-0.39, 0.29) is 24.0 Å². The maximum atomic E-state index is 11.7. The van der Waals surface area contributed by atoms with E-state index in [1.165, 1.54) is 18.1 Å². The van der Waals surface area contributed by atoms with Gasteiger partial charge in [-0.2, -0.15) is 0 Å². The molecule has 0 saturated carbocycles. The number of rotatable bonds is 6. The highest BCUT2D eigenvalue weighted by Gasteiger charge is 2.17. The van der Waals surface area contributed by atoms with Crippen molar-refractivity contribution in [3.05, 3.63) is 11.8 Å². The first kappa shape index (κ1) is 13.0. The molecule has 17 heavy (non-hydrogen) atoms.